The lowest BCUT2D eigenvalue weighted by Gasteiger charge is -2.15. The molecule has 0 aliphatic carbocycles. The van der Waals surface area contributed by atoms with E-state index in [1.165, 1.54) is 4.31 Å². The van der Waals surface area contributed by atoms with E-state index in [-0.39, 0.29) is 0 Å². The molecule has 1 heterocycles. The molecular weight excluding hydrogens is 260 g/mol. The highest BCUT2D eigenvalue weighted by atomic mass is 32.2. The quantitative estimate of drug-likeness (QED) is 0.852. The molecule has 0 unspecified atom stereocenters. The van der Waals surface area contributed by atoms with Gasteiger partial charge in [0.05, 0.1) is 4.90 Å². The van der Waals surface area contributed by atoms with Crippen LogP contribution >= 0.6 is 0 Å². The molecule has 2 N–H and O–H groups in total. The van der Waals surface area contributed by atoms with Crippen molar-refractivity contribution in [1.29, 1.82) is 0 Å². The van der Waals surface area contributed by atoms with Gasteiger partial charge in [0.15, 0.2) is 0 Å². The Bertz CT molecular complexity index is 711. The van der Waals surface area contributed by atoms with Crippen LogP contribution in [0.2, 0.25) is 0 Å². The number of sulfonamides is 1. The third-order valence-corrected chi connectivity index (χ3v) is 5.11. The summed E-state index contributed by atoms with van der Waals surface area (Å²) in [6, 6.07) is 14.0. The molecule has 1 aliphatic heterocycles. The Balaban J connectivity index is 1.95. The Kier molecular flexibility index (Phi) is 2.80. The van der Waals surface area contributed by atoms with Crippen molar-refractivity contribution in [2.75, 3.05) is 5.73 Å². The largest absolute Gasteiger partial charge is 0.399 e. The summed E-state index contributed by atoms with van der Waals surface area (Å²) >= 11 is 0. The zero-order valence-electron chi connectivity index (χ0n) is 10.3. The minimum absolute atomic E-state index is 0.329. The maximum Gasteiger partial charge on any atom is 0.243 e. The predicted molar refractivity (Wildman–Crippen MR) is 73.7 cm³/mol. The fourth-order valence-electron chi connectivity index (χ4n) is 2.29. The highest BCUT2D eigenvalue weighted by molar-refractivity contribution is 7.89. The van der Waals surface area contributed by atoms with Gasteiger partial charge in [0.2, 0.25) is 10.0 Å². The standard InChI is InChI=1S/C14H14N2O2S/c15-13-7-6-11-9-16(10-12(11)8-13)19(17,18)14-4-2-1-3-5-14/h1-8H,9-10,15H2. The van der Waals surface area contributed by atoms with Crippen LogP contribution in [0.1, 0.15) is 11.1 Å². The van der Waals surface area contributed by atoms with Gasteiger partial charge in [-0.1, -0.05) is 24.3 Å². The Morgan fingerprint density at radius 1 is 0.947 bits per heavy atom. The molecule has 2 aromatic carbocycles. The maximum absolute atomic E-state index is 12.5. The lowest BCUT2D eigenvalue weighted by molar-refractivity contribution is 0.431. The van der Waals surface area contributed by atoms with Crippen LogP contribution in [0.4, 0.5) is 5.69 Å². The molecule has 98 valence electrons. The van der Waals surface area contributed by atoms with E-state index in [1.54, 1.807) is 36.4 Å². The van der Waals surface area contributed by atoms with Crippen LogP contribution in [-0.4, -0.2) is 12.7 Å². The van der Waals surface area contributed by atoms with E-state index in [4.69, 9.17) is 5.73 Å². The van der Waals surface area contributed by atoms with Gasteiger partial charge in [-0.2, -0.15) is 4.31 Å². The van der Waals surface area contributed by atoms with Crippen LogP contribution in [0.3, 0.4) is 0 Å². The number of anilines is 1. The fraction of sp³-hybridized carbons (Fsp3) is 0.143. The minimum atomic E-state index is -3.43. The van der Waals surface area contributed by atoms with Crippen molar-refractivity contribution in [2.24, 2.45) is 0 Å². The zero-order chi connectivity index (χ0) is 13.5. The molecule has 4 nitrogen and oxygen atoms in total. The van der Waals surface area contributed by atoms with Gasteiger partial charge >= 0.3 is 0 Å². The minimum Gasteiger partial charge on any atom is -0.399 e. The summed E-state index contributed by atoms with van der Waals surface area (Å²) in [4.78, 5) is 0.329. The number of benzene rings is 2. The molecule has 1 aliphatic rings. The first kappa shape index (κ1) is 12.2. The van der Waals surface area contributed by atoms with E-state index in [9.17, 15) is 8.42 Å². The van der Waals surface area contributed by atoms with E-state index >= 15 is 0 Å². The van der Waals surface area contributed by atoms with E-state index in [1.807, 2.05) is 12.1 Å². The Morgan fingerprint density at radius 2 is 1.63 bits per heavy atom. The second kappa shape index (κ2) is 4.36. The molecule has 0 atom stereocenters. The van der Waals surface area contributed by atoms with Gasteiger partial charge in [0.1, 0.15) is 0 Å². The maximum atomic E-state index is 12.5. The summed E-state index contributed by atoms with van der Waals surface area (Å²) in [6.07, 6.45) is 0. The van der Waals surface area contributed by atoms with E-state index in [2.05, 4.69) is 0 Å². The summed E-state index contributed by atoms with van der Waals surface area (Å²) < 4.78 is 26.4. The summed E-state index contributed by atoms with van der Waals surface area (Å²) in [5, 5.41) is 0. The molecule has 19 heavy (non-hydrogen) atoms. The lowest BCUT2D eigenvalue weighted by Crippen LogP contribution is -2.25. The summed E-state index contributed by atoms with van der Waals surface area (Å²) in [5.41, 5.74) is 8.40. The van der Waals surface area contributed by atoms with E-state index in [0.29, 0.717) is 23.7 Å². The van der Waals surface area contributed by atoms with Gasteiger partial charge in [0, 0.05) is 18.8 Å². The van der Waals surface area contributed by atoms with Gasteiger partial charge in [0.25, 0.3) is 0 Å². The predicted octanol–water partition coefficient (Wildman–Crippen LogP) is 1.97. The number of rotatable bonds is 2. The summed E-state index contributed by atoms with van der Waals surface area (Å²) in [7, 11) is -3.43. The van der Waals surface area contributed by atoms with Crippen molar-refractivity contribution >= 4 is 15.7 Å². The van der Waals surface area contributed by atoms with Crippen molar-refractivity contribution in [2.45, 2.75) is 18.0 Å². The first-order chi connectivity index (χ1) is 9.07. The summed E-state index contributed by atoms with van der Waals surface area (Å²) in [5.74, 6) is 0. The summed E-state index contributed by atoms with van der Waals surface area (Å²) in [6.45, 7) is 0.796. The zero-order valence-corrected chi connectivity index (χ0v) is 11.1. The molecule has 0 saturated carbocycles. The highest BCUT2D eigenvalue weighted by Gasteiger charge is 2.30. The Labute approximate surface area is 112 Å². The van der Waals surface area contributed by atoms with Crippen molar-refractivity contribution in [3.8, 4) is 0 Å². The average Bonchev–Trinajstić information content (AvgIpc) is 2.83. The first-order valence-electron chi connectivity index (χ1n) is 6.00. The molecule has 0 fully saturated rings. The molecule has 0 amide bonds. The molecule has 0 spiro atoms. The SMILES string of the molecule is Nc1ccc2c(c1)CN(S(=O)(=O)c1ccccc1)C2. The normalized spacial score (nSPS) is 15.4. The van der Waals surface area contributed by atoms with Crippen LogP contribution in [0.5, 0.6) is 0 Å². The molecule has 0 aromatic heterocycles. The van der Waals surface area contributed by atoms with Crippen LogP contribution in [0, 0.1) is 0 Å². The fourth-order valence-corrected chi connectivity index (χ4v) is 3.71. The Morgan fingerprint density at radius 3 is 2.37 bits per heavy atom. The molecule has 0 radical (unpaired) electrons. The van der Waals surface area contributed by atoms with Gasteiger partial charge in [-0.05, 0) is 35.4 Å². The number of nitrogens with zero attached hydrogens (tertiary/aromatic N) is 1. The molecule has 3 rings (SSSR count). The number of hydrogen-bond donors (Lipinski definition) is 1. The van der Waals surface area contributed by atoms with Crippen molar-refractivity contribution in [3.05, 3.63) is 59.7 Å². The van der Waals surface area contributed by atoms with Crippen molar-refractivity contribution in [1.82, 2.24) is 4.31 Å². The van der Waals surface area contributed by atoms with E-state index in [0.717, 1.165) is 11.1 Å². The highest BCUT2D eigenvalue weighted by Crippen LogP contribution is 2.29. The lowest BCUT2D eigenvalue weighted by atomic mass is 10.1. The number of nitrogens with two attached hydrogens (primary N) is 1. The Hall–Kier alpha value is -1.85. The van der Waals surface area contributed by atoms with Gasteiger partial charge < -0.3 is 5.73 Å². The van der Waals surface area contributed by atoms with Crippen molar-refractivity contribution in [3.63, 3.8) is 0 Å². The van der Waals surface area contributed by atoms with E-state index < -0.39 is 10.0 Å². The van der Waals surface area contributed by atoms with Crippen LogP contribution < -0.4 is 5.73 Å². The molecule has 0 saturated heterocycles. The number of hydrogen-bond acceptors (Lipinski definition) is 3. The molecule has 5 heteroatoms. The van der Waals surface area contributed by atoms with Crippen LogP contribution in [-0.2, 0) is 23.1 Å². The number of nitrogen functional groups attached to an aromatic ring is 1. The average molecular weight is 274 g/mol. The topological polar surface area (TPSA) is 63.4 Å². The second-order valence-electron chi connectivity index (χ2n) is 4.61. The molecule has 0 bridgehead atoms. The third kappa shape index (κ3) is 2.11. The smallest absolute Gasteiger partial charge is 0.243 e. The van der Waals surface area contributed by atoms with Crippen LogP contribution in [0.15, 0.2) is 53.4 Å². The van der Waals surface area contributed by atoms with Gasteiger partial charge in [-0.15, -0.1) is 0 Å². The second-order valence-corrected chi connectivity index (χ2v) is 6.55. The molecular formula is C14H14N2O2S. The van der Waals surface area contributed by atoms with Crippen LogP contribution in [0.25, 0.3) is 0 Å². The van der Waals surface area contributed by atoms with Gasteiger partial charge in [-0.25, -0.2) is 8.42 Å². The number of fused-ring (bicyclic) bond motifs is 1. The van der Waals surface area contributed by atoms with Crippen molar-refractivity contribution < 1.29 is 8.42 Å². The first-order valence-corrected chi connectivity index (χ1v) is 7.44. The molecule has 2 aromatic rings. The monoisotopic (exact) mass is 274 g/mol. The van der Waals surface area contributed by atoms with Gasteiger partial charge in [-0.3, -0.25) is 0 Å². The third-order valence-electron chi connectivity index (χ3n) is 3.30.